The molecule has 0 bridgehead atoms. The monoisotopic (exact) mass is 277 g/mol. The van der Waals surface area contributed by atoms with E-state index in [0.717, 1.165) is 6.42 Å². The maximum atomic E-state index is 12.0. The number of morpholine rings is 1. The molecule has 1 rings (SSSR count). The predicted octanol–water partition coefficient (Wildman–Crippen LogP) is 2.19. The van der Waals surface area contributed by atoms with Gasteiger partial charge in [-0.1, -0.05) is 22.9 Å². The van der Waals surface area contributed by atoms with Crippen LogP contribution in [0.1, 0.15) is 34.1 Å². The van der Waals surface area contributed by atoms with Crippen LogP contribution in [0.25, 0.3) is 0 Å². The first-order valence-electron chi connectivity index (χ1n) is 5.46. The molecule has 1 aliphatic rings. The SMILES string of the molecule is CCC(Br)C(=O)N1CC(C)OC(C)(C)C1. The van der Waals surface area contributed by atoms with Gasteiger partial charge in [-0.05, 0) is 27.2 Å². The average Bonchev–Trinajstić information content (AvgIpc) is 2.12. The van der Waals surface area contributed by atoms with Crippen molar-refractivity contribution in [3.63, 3.8) is 0 Å². The Labute approximate surface area is 100 Å². The van der Waals surface area contributed by atoms with E-state index in [0.29, 0.717) is 13.1 Å². The summed E-state index contributed by atoms with van der Waals surface area (Å²) >= 11 is 3.40. The highest BCUT2D eigenvalue weighted by Crippen LogP contribution is 2.22. The van der Waals surface area contributed by atoms with Gasteiger partial charge in [0, 0.05) is 13.1 Å². The van der Waals surface area contributed by atoms with Gasteiger partial charge in [0.25, 0.3) is 0 Å². The Kier molecular flexibility index (Phi) is 4.18. The van der Waals surface area contributed by atoms with Gasteiger partial charge >= 0.3 is 0 Å². The minimum Gasteiger partial charge on any atom is -0.369 e. The van der Waals surface area contributed by atoms with Crippen LogP contribution in [-0.4, -0.2) is 40.4 Å². The number of carbonyl (C=O) groups is 1. The van der Waals surface area contributed by atoms with Crippen LogP contribution in [0.15, 0.2) is 0 Å². The molecule has 1 saturated heterocycles. The maximum absolute atomic E-state index is 12.0. The van der Waals surface area contributed by atoms with E-state index in [-0.39, 0.29) is 22.4 Å². The van der Waals surface area contributed by atoms with Gasteiger partial charge in [0.15, 0.2) is 0 Å². The van der Waals surface area contributed by atoms with Crippen molar-refractivity contribution in [2.24, 2.45) is 0 Å². The van der Waals surface area contributed by atoms with Crippen molar-refractivity contribution in [3.8, 4) is 0 Å². The summed E-state index contributed by atoms with van der Waals surface area (Å²) in [5.41, 5.74) is -0.228. The Bertz CT molecular complexity index is 243. The summed E-state index contributed by atoms with van der Waals surface area (Å²) in [6.07, 6.45) is 0.944. The molecule has 2 atom stereocenters. The number of carbonyl (C=O) groups excluding carboxylic acids is 1. The molecule has 1 heterocycles. The minimum atomic E-state index is -0.228. The van der Waals surface area contributed by atoms with Gasteiger partial charge in [-0.15, -0.1) is 0 Å². The van der Waals surface area contributed by atoms with Crippen molar-refractivity contribution in [1.29, 1.82) is 0 Å². The van der Waals surface area contributed by atoms with E-state index in [9.17, 15) is 4.79 Å². The quantitative estimate of drug-likeness (QED) is 0.725. The number of ether oxygens (including phenoxy) is 1. The number of rotatable bonds is 2. The molecule has 0 aliphatic carbocycles. The van der Waals surface area contributed by atoms with Gasteiger partial charge in [0.2, 0.25) is 5.91 Å². The van der Waals surface area contributed by atoms with E-state index in [1.165, 1.54) is 0 Å². The molecule has 3 nitrogen and oxygen atoms in total. The fraction of sp³-hybridized carbons (Fsp3) is 0.909. The molecular weight excluding hydrogens is 258 g/mol. The summed E-state index contributed by atoms with van der Waals surface area (Å²) in [6, 6.07) is 0. The van der Waals surface area contributed by atoms with Crippen LogP contribution in [0.2, 0.25) is 0 Å². The molecule has 2 unspecified atom stereocenters. The van der Waals surface area contributed by atoms with Crippen molar-refractivity contribution in [2.75, 3.05) is 13.1 Å². The molecule has 0 aromatic carbocycles. The first-order chi connectivity index (χ1) is 6.85. The summed E-state index contributed by atoms with van der Waals surface area (Å²) in [4.78, 5) is 13.8. The second-order valence-corrected chi connectivity index (χ2v) is 5.89. The highest BCUT2D eigenvalue weighted by atomic mass is 79.9. The van der Waals surface area contributed by atoms with Crippen LogP contribution < -0.4 is 0 Å². The maximum Gasteiger partial charge on any atom is 0.236 e. The van der Waals surface area contributed by atoms with E-state index in [1.807, 2.05) is 32.6 Å². The number of amides is 1. The van der Waals surface area contributed by atoms with Crippen LogP contribution in [0.5, 0.6) is 0 Å². The molecule has 0 aromatic rings. The lowest BCUT2D eigenvalue weighted by atomic mass is 10.1. The molecule has 1 aliphatic heterocycles. The van der Waals surface area contributed by atoms with Crippen LogP contribution in [0, 0.1) is 0 Å². The Morgan fingerprint density at radius 1 is 1.67 bits per heavy atom. The Morgan fingerprint density at radius 2 is 2.27 bits per heavy atom. The van der Waals surface area contributed by atoms with Gasteiger partial charge in [-0.3, -0.25) is 4.79 Å². The Morgan fingerprint density at radius 3 is 2.73 bits per heavy atom. The summed E-state index contributed by atoms with van der Waals surface area (Å²) in [7, 11) is 0. The van der Waals surface area contributed by atoms with Crippen LogP contribution in [-0.2, 0) is 9.53 Å². The lowest BCUT2D eigenvalue weighted by Crippen LogP contribution is -2.55. The third-order valence-corrected chi connectivity index (χ3v) is 3.55. The van der Waals surface area contributed by atoms with Crippen molar-refractivity contribution in [1.82, 2.24) is 4.90 Å². The summed E-state index contributed by atoms with van der Waals surface area (Å²) in [6.45, 7) is 9.45. The highest BCUT2D eigenvalue weighted by Gasteiger charge is 2.34. The van der Waals surface area contributed by atoms with Crippen LogP contribution in [0.4, 0.5) is 0 Å². The van der Waals surface area contributed by atoms with Gasteiger partial charge in [-0.25, -0.2) is 0 Å². The third-order valence-electron chi connectivity index (χ3n) is 2.51. The van der Waals surface area contributed by atoms with Crippen molar-refractivity contribution in [3.05, 3.63) is 0 Å². The largest absolute Gasteiger partial charge is 0.369 e. The molecule has 0 spiro atoms. The van der Waals surface area contributed by atoms with E-state index >= 15 is 0 Å². The van der Waals surface area contributed by atoms with E-state index < -0.39 is 0 Å². The van der Waals surface area contributed by atoms with E-state index in [1.54, 1.807) is 0 Å². The molecule has 1 fully saturated rings. The molecular formula is C11H20BrNO2. The van der Waals surface area contributed by atoms with Crippen LogP contribution >= 0.6 is 15.9 Å². The third kappa shape index (κ3) is 3.45. The average molecular weight is 278 g/mol. The summed E-state index contributed by atoms with van der Waals surface area (Å²) in [5.74, 6) is 0.181. The van der Waals surface area contributed by atoms with Crippen LogP contribution in [0.3, 0.4) is 0 Å². The summed E-state index contributed by atoms with van der Waals surface area (Å²) < 4.78 is 5.76. The zero-order chi connectivity index (χ0) is 11.6. The molecule has 0 N–H and O–H groups in total. The first kappa shape index (κ1) is 13.0. The standard InChI is InChI=1S/C11H20BrNO2/c1-5-9(12)10(14)13-6-8(2)15-11(3,4)7-13/h8-9H,5-7H2,1-4H3. The van der Waals surface area contributed by atoms with E-state index in [2.05, 4.69) is 15.9 Å². The topological polar surface area (TPSA) is 29.5 Å². The molecule has 0 aromatic heterocycles. The molecule has 0 saturated carbocycles. The second kappa shape index (κ2) is 4.83. The number of nitrogens with zero attached hydrogens (tertiary/aromatic N) is 1. The van der Waals surface area contributed by atoms with Gasteiger partial charge in [-0.2, -0.15) is 0 Å². The van der Waals surface area contributed by atoms with Crippen molar-refractivity contribution >= 4 is 21.8 Å². The fourth-order valence-electron chi connectivity index (χ4n) is 1.99. The fourth-order valence-corrected chi connectivity index (χ4v) is 2.28. The lowest BCUT2D eigenvalue weighted by Gasteiger charge is -2.42. The zero-order valence-corrected chi connectivity index (χ0v) is 11.5. The highest BCUT2D eigenvalue weighted by molar-refractivity contribution is 9.10. The Hall–Kier alpha value is -0.0900. The molecule has 1 amide bonds. The normalized spacial score (nSPS) is 27.5. The lowest BCUT2D eigenvalue weighted by molar-refractivity contribution is -0.157. The molecule has 15 heavy (non-hydrogen) atoms. The van der Waals surface area contributed by atoms with Gasteiger partial charge < -0.3 is 9.64 Å². The number of halogens is 1. The number of hydrogen-bond donors (Lipinski definition) is 0. The first-order valence-corrected chi connectivity index (χ1v) is 6.38. The Balaban J connectivity index is 2.66. The second-order valence-electron chi connectivity index (χ2n) is 4.78. The summed E-state index contributed by atoms with van der Waals surface area (Å²) in [5, 5.41) is 0. The van der Waals surface area contributed by atoms with E-state index in [4.69, 9.17) is 4.74 Å². The minimum absolute atomic E-state index is 0.0569. The van der Waals surface area contributed by atoms with Gasteiger partial charge in [0.05, 0.1) is 16.5 Å². The molecule has 0 radical (unpaired) electrons. The molecule has 88 valence electrons. The molecule has 4 heteroatoms. The van der Waals surface area contributed by atoms with Crippen molar-refractivity contribution < 1.29 is 9.53 Å². The van der Waals surface area contributed by atoms with Crippen molar-refractivity contribution in [2.45, 2.75) is 50.6 Å². The number of alkyl halides is 1. The number of hydrogen-bond acceptors (Lipinski definition) is 2. The van der Waals surface area contributed by atoms with Gasteiger partial charge in [0.1, 0.15) is 0 Å². The smallest absolute Gasteiger partial charge is 0.236 e. The predicted molar refractivity (Wildman–Crippen MR) is 64.2 cm³/mol. The zero-order valence-electron chi connectivity index (χ0n) is 9.92.